The Hall–Kier alpha value is -2.08. The van der Waals surface area contributed by atoms with Crippen molar-refractivity contribution in [1.82, 2.24) is 20.2 Å². The maximum absolute atomic E-state index is 11.9. The number of nitrogens with one attached hydrogen (secondary N) is 2. The lowest BCUT2D eigenvalue weighted by atomic mass is 9.89. The highest BCUT2D eigenvalue weighted by Gasteiger charge is 2.39. The minimum absolute atomic E-state index is 0.113. The van der Waals surface area contributed by atoms with E-state index >= 15 is 0 Å². The smallest absolute Gasteiger partial charge is 0.227 e. The van der Waals surface area contributed by atoms with Crippen molar-refractivity contribution >= 4 is 22.6 Å². The van der Waals surface area contributed by atoms with Crippen molar-refractivity contribution in [2.45, 2.75) is 19.9 Å². The van der Waals surface area contributed by atoms with Gasteiger partial charge in [-0.05, 0) is 38.1 Å². The van der Waals surface area contributed by atoms with Crippen LogP contribution in [0.15, 0.2) is 18.2 Å². The summed E-state index contributed by atoms with van der Waals surface area (Å²) in [6.07, 6.45) is 0.875. The van der Waals surface area contributed by atoms with Crippen LogP contribution in [0.3, 0.4) is 0 Å². The molecule has 1 aromatic carbocycles. The molecule has 2 heterocycles. The first-order chi connectivity index (χ1) is 10.00. The van der Waals surface area contributed by atoms with E-state index in [0.29, 0.717) is 0 Å². The van der Waals surface area contributed by atoms with Crippen LogP contribution in [0.2, 0.25) is 0 Å². The number of nitrogens with zero attached hydrogens (tertiary/aromatic N) is 2. The van der Waals surface area contributed by atoms with Crippen molar-refractivity contribution in [2.75, 3.05) is 25.9 Å². The lowest BCUT2D eigenvalue weighted by molar-refractivity contribution is -0.129. The van der Waals surface area contributed by atoms with Crippen LogP contribution in [0.25, 0.3) is 11.0 Å². The summed E-state index contributed by atoms with van der Waals surface area (Å²) in [5.74, 6) is 1.03. The molecule has 6 nitrogen and oxygen atoms in total. The zero-order valence-corrected chi connectivity index (χ0v) is 12.4. The zero-order chi connectivity index (χ0) is 15.0. The number of aromatic amines is 1. The predicted molar refractivity (Wildman–Crippen MR) is 82.6 cm³/mol. The van der Waals surface area contributed by atoms with Gasteiger partial charge in [0.25, 0.3) is 0 Å². The molecule has 1 aliphatic heterocycles. The van der Waals surface area contributed by atoms with Crippen LogP contribution in [0, 0.1) is 5.41 Å². The summed E-state index contributed by atoms with van der Waals surface area (Å²) in [6, 6.07) is 5.67. The van der Waals surface area contributed by atoms with Crippen molar-refractivity contribution in [2.24, 2.45) is 5.41 Å². The van der Waals surface area contributed by atoms with Crippen molar-refractivity contribution in [1.29, 1.82) is 0 Å². The minimum atomic E-state index is -0.300. The van der Waals surface area contributed by atoms with Crippen LogP contribution in [0.5, 0.6) is 0 Å². The monoisotopic (exact) mass is 287 g/mol. The second-order valence-corrected chi connectivity index (χ2v) is 6.06. The SMILES string of the molecule is CNC(=O)C1(C)CCN(Cc2nc3ccc(N)cc3[nH]2)C1. The number of amides is 1. The largest absolute Gasteiger partial charge is 0.399 e. The van der Waals surface area contributed by atoms with E-state index in [9.17, 15) is 4.79 Å². The first kappa shape index (κ1) is 13.9. The summed E-state index contributed by atoms with van der Waals surface area (Å²) >= 11 is 0. The lowest BCUT2D eigenvalue weighted by Crippen LogP contribution is -2.39. The normalized spacial score (nSPS) is 22.8. The summed E-state index contributed by atoms with van der Waals surface area (Å²) in [5, 5.41) is 2.76. The highest BCUT2D eigenvalue weighted by molar-refractivity contribution is 5.82. The Balaban J connectivity index is 1.73. The Morgan fingerprint density at radius 3 is 3.14 bits per heavy atom. The molecule has 1 amide bonds. The maximum Gasteiger partial charge on any atom is 0.227 e. The predicted octanol–water partition coefficient (Wildman–Crippen LogP) is 1.10. The molecule has 2 aromatic rings. The maximum atomic E-state index is 11.9. The number of fused-ring (bicyclic) bond motifs is 1. The minimum Gasteiger partial charge on any atom is -0.399 e. The molecule has 112 valence electrons. The quantitative estimate of drug-likeness (QED) is 0.738. The first-order valence-electron chi connectivity index (χ1n) is 7.19. The molecule has 6 heteroatoms. The van der Waals surface area contributed by atoms with Gasteiger partial charge >= 0.3 is 0 Å². The molecule has 1 aliphatic rings. The van der Waals surface area contributed by atoms with E-state index in [1.165, 1.54) is 0 Å². The van der Waals surface area contributed by atoms with Gasteiger partial charge in [-0.3, -0.25) is 9.69 Å². The molecule has 1 unspecified atom stereocenters. The number of nitrogen functional groups attached to an aromatic ring is 1. The molecule has 0 spiro atoms. The molecule has 0 saturated carbocycles. The summed E-state index contributed by atoms with van der Waals surface area (Å²) in [7, 11) is 1.69. The topological polar surface area (TPSA) is 87.0 Å². The van der Waals surface area contributed by atoms with Crippen LogP contribution in [-0.4, -0.2) is 40.9 Å². The van der Waals surface area contributed by atoms with Crippen molar-refractivity contribution in [3.8, 4) is 0 Å². The fourth-order valence-electron chi connectivity index (χ4n) is 3.05. The fraction of sp³-hybridized carbons (Fsp3) is 0.467. The van der Waals surface area contributed by atoms with E-state index in [2.05, 4.69) is 20.2 Å². The number of benzene rings is 1. The second kappa shape index (κ2) is 5.04. The number of H-pyrrole nitrogens is 1. The van der Waals surface area contributed by atoms with E-state index in [1.807, 2.05) is 25.1 Å². The molecule has 1 aromatic heterocycles. The Morgan fingerprint density at radius 2 is 2.38 bits per heavy atom. The van der Waals surface area contributed by atoms with Gasteiger partial charge in [-0.15, -0.1) is 0 Å². The van der Waals surface area contributed by atoms with Crippen LogP contribution in [0.1, 0.15) is 19.2 Å². The Kier molecular flexibility index (Phi) is 3.33. The lowest BCUT2D eigenvalue weighted by Gasteiger charge is -2.22. The van der Waals surface area contributed by atoms with Crippen molar-refractivity contribution < 1.29 is 4.79 Å². The average Bonchev–Trinajstić information content (AvgIpc) is 3.02. The zero-order valence-electron chi connectivity index (χ0n) is 12.4. The van der Waals surface area contributed by atoms with E-state index in [4.69, 9.17) is 5.73 Å². The number of carbonyl (C=O) groups is 1. The molecule has 1 fully saturated rings. The molecule has 4 N–H and O–H groups in total. The van der Waals surface area contributed by atoms with Gasteiger partial charge in [0.15, 0.2) is 0 Å². The van der Waals surface area contributed by atoms with Gasteiger partial charge in [-0.25, -0.2) is 4.98 Å². The molecule has 0 aliphatic carbocycles. The number of anilines is 1. The van der Waals surface area contributed by atoms with Gasteiger partial charge < -0.3 is 16.0 Å². The van der Waals surface area contributed by atoms with Crippen molar-refractivity contribution in [3.63, 3.8) is 0 Å². The van der Waals surface area contributed by atoms with Crippen LogP contribution < -0.4 is 11.1 Å². The van der Waals surface area contributed by atoms with E-state index in [1.54, 1.807) is 7.05 Å². The van der Waals surface area contributed by atoms with E-state index in [-0.39, 0.29) is 11.3 Å². The van der Waals surface area contributed by atoms with Gasteiger partial charge in [0.05, 0.1) is 23.0 Å². The summed E-state index contributed by atoms with van der Waals surface area (Å²) in [4.78, 5) is 22.1. The fourth-order valence-corrected chi connectivity index (χ4v) is 3.05. The third kappa shape index (κ3) is 2.58. The van der Waals surface area contributed by atoms with Gasteiger partial charge in [0, 0.05) is 19.3 Å². The number of rotatable bonds is 3. The third-order valence-corrected chi connectivity index (χ3v) is 4.26. The van der Waals surface area contributed by atoms with Crippen LogP contribution in [0.4, 0.5) is 5.69 Å². The van der Waals surface area contributed by atoms with Crippen LogP contribution in [-0.2, 0) is 11.3 Å². The van der Waals surface area contributed by atoms with Crippen LogP contribution >= 0.6 is 0 Å². The Bertz CT molecular complexity index is 680. The number of hydrogen-bond donors (Lipinski definition) is 3. The molecule has 0 radical (unpaired) electrons. The summed E-state index contributed by atoms with van der Waals surface area (Å²) in [5.41, 5.74) is 8.09. The summed E-state index contributed by atoms with van der Waals surface area (Å²) < 4.78 is 0. The van der Waals surface area contributed by atoms with E-state index < -0.39 is 0 Å². The number of carbonyl (C=O) groups excluding carboxylic acids is 1. The molecular formula is C15H21N5O. The Labute approximate surface area is 123 Å². The molecule has 3 rings (SSSR count). The molecule has 21 heavy (non-hydrogen) atoms. The molecule has 1 atom stereocenters. The highest BCUT2D eigenvalue weighted by atomic mass is 16.2. The van der Waals surface area contributed by atoms with Gasteiger partial charge in [-0.1, -0.05) is 0 Å². The van der Waals surface area contributed by atoms with Gasteiger partial charge in [-0.2, -0.15) is 0 Å². The Morgan fingerprint density at radius 1 is 1.57 bits per heavy atom. The summed E-state index contributed by atoms with van der Waals surface area (Å²) in [6.45, 7) is 4.40. The standard InChI is InChI=1S/C15H21N5O/c1-15(14(21)17-2)5-6-20(9-15)8-13-18-11-4-3-10(16)7-12(11)19-13/h3-4,7H,5-6,8-9,16H2,1-2H3,(H,17,21)(H,18,19). The number of aromatic nitrogens is 2. The van der Waals surface area contributed by atoms with Gasteiger partial charge in [0.1, 0.15) is 5.82 Å². The average molecular weight is 287 g/mol. The first-order valence-corrected chi connectivity index (χ1v) is 7.19. The number of likely N-dealkylation sites (tertiary alicyclic amines) is 1. The molecule has 0 bridgehead atoms. The number of hydrogen-bond acceptors (Lipinski definition) is 4. The highest BCUT2D eigenvalue weighted by Crippen LogP contribution is 2.30. The third-order valence-electron chi connectivity index (χ3n) is 4.26. The second-order valence-electron chi connectivity index (χ2n) is 6.06. The number of imidazole rings is 1. The van der Waals surface area contributed by atoms with Crippen molar-refractivity contribution in [3.05, 3.63) is 24.0 Å². The number of nitrogens with two attached hydrogens (primary N) is 1. The van der Waals surface area contributed by atoms with E-state index in [0.717, 1.165) is 48.6 Å². The molecular weight excluding hydrogens is 266 g/mol. The molecule has 1 saturated heterocycles. The van der Waals surface area contributed by atoms with Gasteiger partial charge in [0.2, 0.25) is 5.91 Å².